The minimum Gasteiger partial charge on any atom is -0.351 e. The molecule has 2 N–H and O–H groups in total. The predicted octanol–water partition coefficient (Wildman–Crippen LogP) is 2.39. The number of benzene rings is 1. The van der Waals surface area contributed by atoms with Crippen LogP contribution in [0.15, 0.2) is 35.0 Å². The number of hydrogen-bond donors (Lipinski definition) is 2. The largest absolute Gasteiger partial charge is 0.351 e. The van der Waals surface area contributed by atoms with E-state index in [1.807, 2.05) is 6.92 Å². The highest BCUT2D eigenvalue weighted by Gasteiger charge is 2.09. The topological polar surface area (TPSA) is 67.2 Å². The van der Waals surface area contributed by atoms with Gasteiger partial charge in [0.2, 0.25) is 5.76 Å². The van der Waals surface area contributed by atoms with Crippen LogP contribution in [0, 0.1) is 6.92 Å². The Morgan fingerprint density at radius 2 is 2.24 bits per heavy atom. The van der Waals surface area contributed by atoms with Crippen LogP contribution in [0.2, 0.25) is 5.02 Å². The number of hydrazine groups is 1. The maximum atomic E-state index is 11.5. The van der Waals surface area contributed by atoms with Crippen LogP contribution in [-0.2, 0) is 0 Å². The van der Waals surface area contributed by atoms with Crippen LogP contribution in [0.1, 0.15) is 16.1 Å². The van der Waals surface area contributed by atoms with Crippen molar-refractivity contribution in [1.82, 2.24) is 10.6 Å². The fourth-order valence-electron chi connectivity index (χ4n) is 1.29. The third kappa shape index (κ3) is 2.76. The van der Waals surface area contributed by atoms with Gasteiger partial charge in [0.15, 0.2) is 0 Å². The van der Waals surface area contributed by atoms with Crippen molar-refractivity contribution >= 4 is 23.2 Å². The number of aryl methyl sites for hydroxylation is 1. The van der Waals surface area contributed by atoms with Crippen molar-refractivity contribution in [2.45, 2.75) is 6.92 Å². The Bertz CT molecular complexity index is 526. The Morgan fingerprint density at radius 3 is 2.88 bits per heavy atom. The monoisotopic (exact) mass is 251 g/mol. The van der Waals surface area contributed by atoms with Gasteiger partial charge in [-0.05, 0) is 30.7 Å². The molecular formula is C11H10ClN3O2. The van der Waals surface area contributed by atoms with Crippen molar-refractivity contribution < 1.29 is 9.32 Å². The summed E-state index contributed by atoms with van der Waals surface area (Å²) in [7, 11) is 0. The Labute approximate surface area is 103 Å². The quantitative estimate of drug-likeness (QED) is 0.822. The van der Waals surface area contributed by atoms with E-state index in [1.54, 1.807) is 18.2 Å². The number of anilines is 1. The number of amides is 1. The van der Waals surface area contributed by atoms with E-state index in [9.17, 15) is 4.79 Å². The summed E-state index contributed by atoms with van der Waals surface area (Å²) >= 11 is 5.82. The highest BCUT2D eigenvalue weighted by atomic mass is 35.5. The first-order valence-corrected chi connectivity index (χ1v) is 5.28. The fraction of sp³-hybridized carbons (Fsp3) is 0.0909. The molecule has 0 fully saturated rings. The first-order chi connectivity index (χ1) is 8.16. The van der Waals surface area contributed by atoms with E-state index in [0.29, 0.717) is 5.02 Å². The van der Waals surface area contributed by atoms with E-state index in [2.05, 4.69) is 16.0 Å². The zero-order chi connectivity index (χ0) is 12.3. The molecule has 0 aliphatic carbocycles. The molecule has 5 nitrogen and oxygen atoms in total. The molecule has 17 heavy (non-hydrogen) atoms. The number of carbonyl (C=O) groups is 1. The van der Waals surface area contributed by atoms with Gasteiger partial charge in [0, 0.05) is 11.1 Å². The predicted molar refractivity (Wildman–Crippen MR) is 63.8 cm³/mol. The number of carbonyl (C=O) groups excluding carboxylic acids is 1. The SMILES string of the molecule is Cc1cc(Cl)ccc1NNC(=O)c1ccno1. The molecule has 0 aliphatic heterocycles. The van der Waals surface area contributed by atoms with Gasteiger partial charge in [-0.15, -0.1) is 0 Å². The molecule has 1 amide bonds. The molecule has 0 bridgehead atoms. The van der Waals surface area contributed by atoms with Crippen LogP contribution in [0.4, 0.5) is 5.69 Å². The second-order valence-electron chi connectivity index (χ2n) is 3.42. The van der Waals surface area contributed by atoms with E-state index in [4.69, 9.17) is 16.1 Å². The second-order valence-corrected chi connectivity index (χ2v) is 3.85. The standard InChI is InChI=1S/C11H10ClN3O2/c1-7-6-8(12)2-3-9(7)14-15-11(16)10-4-5-13-17-10/h2-6,14H,1H3,(H,15,16). The van der Waals surface area contributed by atoms with Gasteiger partial charge in [-0.2, -0.15) is 0 Å². The number of nitrogens with one attached hydrogen (secondary N) is 2. The Hall–Kier alpha value is -2.01. The number of rotatable bonds is 3. The first kappa shape index (κ1) is 11.5. The molecule has 6 heteroatoms. The summed E-state index contributed by atoms with van der Waals surface area (Å²) in [6, 6.07) is 6.78. The van der Waals surface area contributed by atoms with Crippen molar-refractivity contribution in [3.05, 3.63) is 46.8 Å². The number of nitrogens with zero attached hydrogens (tertiary/aromatic N) is 1. The highest BCUT2D eigenvalue weighted by molar-refractivity contribution is 6.30. The maximum Gasteiger partial charge on any atom is 0.308 e. The van der Waals surface area contributed by atoms with Crippen LogP contribution < -0.4 is 10.9 Å². The van der Waals surface area contributed by atoms with E-state index in [-0.39, 0.29) is 5.76 Å². The molecule has 0 radical (unpaired) electrons. The third-order valence-corrected chi connectivity index (χ3v) is 2.40. The van der Waals surface area contributed by atoms with Crippen LogP contribution in [-0.4, -0.2) is 11.1 Å². The molecule has 0 unspecified atom stereocenters. The highest BCUT2D eigenvalue weighted by Crippen LogP contribution is 2.18. The lowest BCUT2D eigenvalue weighted by Crippen LogP contribution is -2.29. The molecule has 2 aromatic rings. The summed E-state index contributed by atoms with van der Waals surface area (Å²) in [6.07, 6.45) is 1.41. The van der Waals surface area contributed by atoms with Gasteiger partial charge in [0.1, 0.15) is 0 Å². The van der Waals surface area contributed by atoms with E-state index < -0.39 is 5.91 Å². The van der Waals surface area contributed by atoms with Crippen LogP contribution in [0.25, 0.3) is 0 Å². The van der Waals surface area contributed by atoms with Crippen LogP contribution in [0.3, 0.4) is 0 Å². The Morgan fingerprint density at radius 1 is 1.41 bits per heavy atom. The van der Waals surface area contributed by atoms with Gasteiger partial charge >= 0.3 is 5.91 Å². The lowest BCUT2D eigenvalue weighted by Gasteiger charge is -2.09. The van der Waals surface area contributed by atoms with Gasteiger partial charge in [-0.1, -0.05) is 16.8 Å². The summed E-state index contributed by atoms with van der Waals surface area (Å²) < 4.78 is 4.71. The molecule has 88 valence electrons. The number of halogens is 1. The van der Waals surface area contributed by atoms with Crippen molar-refractivity contribution in [1.29, 1.82) is 0 Å². The lowest BCUT2D eigenvalue weighted by atomic mass is 10.2. The number of aromatic nitrogens is 1. The van der Waals surface area contributed by atoms with Gasteiger partial charge in [-0.3, -0.25) is 15.6 Å². The molecule has 0 aliphatic rings. The summed E-state index contributed by atoms with van der Waals surface area (Å²) in [5.41, 5.74) is 6.97. The molecule has 0 atom stereocenters. The van der Waals surface area contributed by atoms with Gasteiger partial charge in [0.25, 0.3) is 0 Å². The maximum absolute atomic E-state index is 11.5. The molecule has 1 aromatic heterocycles. The summed E-state index contributed by atoms with van der Waals surface area (Å²) in [5, 5.41) is 4.09. The zero-order valence-corrected chi connectivity index (χ0v) is 9.78. The first-order valence-electron chi connectivity index (χ1n) is 4.90. The molecule has 0 spiro atoms. The second kappa shape index (κ2) is 4.88. The van der Waals surface area contributed by atoms with E-state index >= 15 is 0 Å². The number of hydrogen-bond acceptors (Lipinski definition) is 4. The Kier molecular flexibility index (Phi) is 3.30. The average molecular weight is 252 g/mol. The minimum atomic E-state index is -0.392. The summed E-state index contributed by atoms with van der Waals surface area (Å²) in [5.74, 6) is -0.249. The van der Waals surface area contributed by atoms with Crippen molar-refractivity contribution in [3.63, 3.8) is 0 Å². The van der Waals surface area contributed by atoms with Gasteiger partial charge < -0.3 is 4.52 Å². The molecule has 0 saturated heterocycles. The normalized spacial score (nSPS) is 10.0. The van der Waals surface area contributed by atoms with Crippen molar-refractivity contribution in [2.24, 2.45) is 0 Å². The third-order valence-electron chi connectivity index (χ3n) is 2.16. The minimum absolute atomic E-state index is 0.143. The molecule has 1 heterocycles. The van der Waals surface area contributed by atoms with Crippen molar-refractivity contribution in [2.75, 3.05) is 5.43 Å². The molecule has 1 aromatic carbocycles. The lowest BCUT2D eigenvalue weighted by molar-refractivity contribution is 0.0926. The average Bonchev–Trinajstić information content (AvgIpc) is 2.81. The fourth-order valence-corrected chi connectivity index (χ4v) is 1.51. The van der Waals surface area contributed by atoms with E-state index in [0.717, 1.165) is 11.3 Å². The van der Waals surface area contributed by atoms with Gasteiger partial charge in [0.05, 0.1) is 11.9 Å². The van der Waals surface area contributed by atoms with Crippen LogP contribution in [0.5, 0.6) is 0 Å². The van der Waals surface area contributed by atoms with E-state index in [1.165, 1.54) is 12.3 Å². The molecule has 2 rings (SSSR count). The smallest absolute Gasteiger partial charge is 0.308 e. The summed E-state index contributed by atoms with van der Waals surface area (Å²) in [4.78, 5) is 11.5. The van der Waals surface area contributed by atoms with Crippen molar-refractivity contribution in [3.8, 4) is 0 Å². The van der Waals surface area contributed by atoms with Gasteiger partial charge in [-0.25, -0.2) is 0 Å². The zero-order valence-electron chi connectivity index (χ0n) is 9.03. The molecule has 0 saturated carbocycles. The molecular weight excluding hydrogens is 242 g/mol. The van der Waals surface area contributed by atoms with Crippen LogP contribution >= 0.6 is 11.6 Å². The summed E-state index contributed by atoms with van der Waals surface area (Å²) in [6.45, 7) is 1.88. The Balaban J connectivity index is 2.01.